The lowest BCUT2D eigenvalue weighted by Gasteiger charge is -2.35. The minimum absolute atomic E-state index is 0.333. The molecule has 1 aliphatic rings. The summed E-state index contributed by atoms with van der Waals surface area (Å²) in [5, 5.41) is 5.51. The van der Waals surface area contributed by atoms with Crippen molar-refractivity contribution in [3.05, 3.63) is 46.4 Å². The highest BCUT2D eigenvalue weighted by Crippen LogP contribution is 2.19. The van der Waals surface area contributed by atoms with E-state index in [0.717, 1.165) is 43.4 Å². The van der Waals surface area contributed by atoms with Crippen molar-refractivity contribution < 1.29 is 14.3 Å². The average molecular weight is 415 g/mol. The maximum absolute atomic E-state index is 12.0. The Hall–Kier alpha value is -2.71. The molecule has 1 N–H and O–H groups in total. The van der Waals surface area contributed by atoms with E-state index < -0.39 is 5.97 Å². The number of aryl methyl sites for hydroxylation is 1. The Bertz CT molecular complexity index is 855. The van der Waals surface area contributed by atoms with Crippen molar-refractivity contribution in [2.75, 3.05) is 49.5 Å². The number of thiazole rings is 1. The Kier molecular flexibility index (Phi) is 7.37. The standard InChI is InChI=1S/C21H26N4O3S/c1-3-24-10-12-25(13-11-24)19-7-4-17(5-8-19)23-20(26)14-28-21(27)9-6-18-15-29-16(2)22-18/h4-9,15H,3,10-14H2,1-2H3,(H,23,26)/b9-6+. The van der Waals surface area contributed by atoms with Crippen LogP contribution in [0.3, 0.4) is 0 Å². The third kappa shape index (κ3) is 6.40. The van der Waals surface area contributed by atoms with Gasteiger partial charge in [-0.1, -0.05) is 6.92 Å². The van der Waals surface area contributed by atoms with Gasteiger partial charge in [-0.3, -0.25) is 4.79 Å². The molecule has 1 aliphatic heterocycles. The maximum Gasteiger partial charge on any atom is 0.331 e. The monoisotopic (exact) mass is 414 g/mol. The molecule has 154 valence electrons. The summed E-state index contributed by atoms with van der Waals surface area (Å²) >= 11 is 1.50. The first-order valence-electron chi connectivity index (χ1n) is 9.67. The van der Waals surface area contributed by atoms with E-state index in [4.69, 9.17) is 4.74 Å². The number of piperazine rings is 1. The number of nitrogens with zero attached hydrogens (tertiary/aromatic N) is 3. The zero-order chi connectivity index (χ0) is 20.6. The van der Waals surface area contributed by atoms with Crippen molar-refractivity contribution in [3.63, 3.8) is 0 Å². The Morgan fingerprint density at radius 1 is 1.21 bits per heavy atom. The molecule has 0 aliphatic carbocycles. The van der Waals surface area contributed by atoms with Gasteiger partial charge in [0.15, 0.2) is 6.61 Å². The predicted molar refractivity (Wildman–Crippen MR) is 116 cm³/mol. The van der Waals surface area contributed by atoms with E-state index in [1.54, 1.807) is 6.08 Å². The molecular weight excluding hydrogens is 388 g/mol. The van der Waals surface area contributed by atoms with E-state index in [0.29, 0.717) is 11.4 Å². The molecule has 0 radical (unpaired) electrons. The lowest BCUT2D eigenvalue weighted by atomic mass is 10.2. The predicted octanol–water partition coefficient (Wildman–Crippen LogP) is 2.79. The quantitative estimate of drug-likeness (QED) is 0.555. The number of benzene rings is 1. The summed E-state index contributed by atoms with van der Waals surface area (Å²) in [5.74, 6) is -0.951. The first-order valence-corrected chi connectivity index (χ1v) is 10.6. The molecule has 1 amide bonds. The molecule has 7 nitrogen and oxygen atoms in total. The second-order valence-electron chi connectivity index (χ2n) is 6.75. The van der Waals surface area contributed by atoms with Crippen LogP contribution in [0.5, 0.6) is 0 Å². The van der Waals surface area contributed by atoms with E-state index in [1.165, 1.54) is 17.4 Å². The van der Waals surface area contributed by atoms with Crippen LogP contribution in [0.15, 0.2) is 35.7 Å². The maximum atomic E-state index is 12.0. The fourth-order valence-corrected chi connectivity index (χ4v) is 3.65. The fourth-order valence-electron chi connectivity index (χ4n) is 3.07. The second-order valence-corrected chi connectivity index (χ2v) is 7.81. The van der Waals surface area contributed by atoms with Crippen LogP contribution < -0.4 is 10.2 Å². The van der Waals surface area contributed by atoms with Crippen LogP contribution in [0.1, 0.15) is 17.6 Å². The molecule has 0 saturated carbocycles. The number of carbonyl (C=O) groups excluding carboxylic acids is 2. The van der Waals surface area contributed by atoms with Gasteiger partial charge in [0.2, 0.25) is 0 Å². The molecule has 2 heterocycles. The molecule has 3 rings (SSSR count). The molecule has 8 heteroatoms. The highest BCUT2D eigenvalue weighted by Gasteiger charge is 2.15. The summed E-state index contributed by atoms with van der Waals surface area (Å²) < 4.78 is 4.97. The van der Waals surface area contributed by atoms with Crippen LogP contribution >= 0.6 is 11.3 Å². The van der Waals surface area contributed by atoms with E-state index in [-0.39, 0.29) is 12.5 Å². The molecule has 0 unspecified atom stereocenters. The van der Waals surface area contributed by atoms with Crippen molar-refractivity contribution >= 4 is 40.7 Å². The molecule has 0 spiro atoms. The van der Waals surface area contributed by atoms with Gasteiger partial charge in [-0.25, -0.2) is 9.78 Å². The average Bonchev–Trinajstić information content (AvgIpc) is 3.16. The highest BCUT2D eigenvalue weighted by atomic mass is 32.1. The van der Waals surface area contributed by atoms with Crippen molar-refractivity contribution in [1.29, 1.82) is 0 Å². The van der Waals surface area contributed by atoms with Crippen LogP contribution in [0, 0.1) is 6.92 Å². The zero-order valence-corrected chi connectivity index (χ0v) is 17.6. The Morgan fingerprint density at radius 2 is 1.93 bits per heavy atom. The molecule has 1 aromatic carbocycles. The van der Waals surface area contributed by atoms with Gasteiger partial charge < -0.3 is 19.9 Å². The number of esters is 1. The summed E-state index contributed by atoms with van der Waals surface area (Å²) in [7, 11) is 0. The van der Waals surface area contributed by atoms with Gasteiger partial charge in [0, 0.05) is 49.0 Å². The van der Waals surface area contributed by atoms with Gasteiger partial charge in [0.25, 0.3) is 5.91 Å². The van der Waals surface area contributed by atoms with Crippen LogP contribution in [-0.4, -0.2) is 61.1 Å². The number of carbonyl (C=O) groups is 2. The Labute approximate surface area is 175 Å². The normalized spacial score (nSPS) is 14.9. The van der Waals surface area contributed by atoms with Crippen molar-refractivity contribution in [2.45, 2.75) is 13.8 Å². The van der Waals surface area contributed by atoms with E-state index >= 15 is 0 Å². The van der Waals surface area contributed by atoms with Gasteiger partial charge in [-0.05, 0) is 43.8 Å². The number of nitrogens with one attached hydrogen (secondary N) is 1. The van der Waals surface area contributed by atoms with Gasteiger partial charge >= 0.3 is 5.97 Å². The van der Waals surface area contributed by atoms with Crippen LogP contribution in [-0.2, 0) is 14.3 Å². The number of aromatic nitrogens is 1. The summed E-state index contributed by atoms with van der Waals surface area (Å²) in [6.45, 7) is 8.97. The Balaban J connectivity index is 1.42. The molecule has 1 aromatic heterocycles. The molecular formula is C21H26N4O3S. The summed E-state index contributed by atoms with van der Waals surface area (Å²) in [5.41, 5.74) is 2.52. The summed E-state index contributed by atoms with van der Waals surface area (Å²) in [4.78, 5) is 32.7. The molecule has 0 atom stereocenters. The van der Waals surface area contributed by atoms with Gasteiger partial charge in [0.05, 0.1) is 10.7 Å². The fraction of sp³-hybridized carbons (Fsp3) is 0.381. The first kappa shape index (κ1) is 21.0. The van der Waals surface area contributed by atoms with Crippen molar-refractivity contribution in [3.8, 4) is 0 Å². The minimum Gasteiger partial charge on any atom is -0.452 e. The van der Waals surface area contributed by atoms with Crippen molar-refractivity contribution in [1.82, 2.24) is 9.88 Å². The zero-order valence-electron chi connectivity index (χ0n) is 16.8. The van der Waals surface area contributed by atoms with E-state index in [2.05, 4.69) is 27.0 Å². The van der Waals surface area contributed by atoms with Gasteiger partial charge in [-0.15, -0.1) is 11.3 Å². The number of rotatable bonds is 7. The largest absolute Gasteiger partial charge is 0.452 e. The Morgan fingerprint density at radius 3 is 2.55 bits per heavy atom. The van der Waals surface area contributed by atoms with Crippen LogP contribution in [0.25, 0.3) is 6.08 Å². The van der Waals surface area contributed by atoms with Crippen LogP contribution in [0.2, 0.25) is 0 Å². The van der Waals surface area contributed by atoms with E-state index in [9.17, 15) is 9.59 Å². The third-order valence-electron chi connectivity index (χ3n) is 4.71. The number of amides is 1. The van der Waals surface area contributed by atoms with E-state index in [1.807, 2.05) is 36.6 Å². The SMILES string of the molecule is CCN1CCN(c2ccc(NC(=O)COC(=O)/C=C/c3csc(C)n3)cc2)CC1. The number of ether oxygens (including phenoxy) is 1. The third-order valence-corrected chi connectivity index (χ3v) is 5.50. The van der Waals surface area contributed by atoms with Gasteiger partial charge in [-0.2, -0.15) is 0 Å². The number of anilines is 2. The first-order chi connectivity index (χ1) is 14.0. The second kappa shape index (κ2) is 10.2. The smallest absolute Gasteiger partial charge is 0.331 e. The molecule has 2 aromatic rings. The number of hydrogen-bond donors (Lipinski definition) is 1. The van der Waals surface area contributed by atoms with Gasteiger partial charge in [0.1, 0.15) is 0 Å². The number of hydrogen-bond acceptors (Lipinski definition) is 7. The summed E-state index contributed by atoms with van der Waals surface area (Å²) in [6, 6.07) is 7.74. The summed E-state index contributed by atoms with van der Waals surface area (Å²) in [6.07, 6.45) is 2.84. The van der Waals surface area contributed by atoms with Crippen molar-refractivity contribution in [2.24, 2.45) is 0 Å². The highest BCUT2D eigenvalue weighted by molar-refractivity contribution is 7.09. The van der Waals surface area contributed by atoms with Crippen LogP contribution in [0.4, 0.5) is 11.4 Å². The number of likely N-dealkylation sites (N-methyl/N-ethyl adjacent to an activating group) is 1. The molecule has 0 bridgehead atoms. The molecule has 1 saturated heterocycles. The minimum atomic E-state index is -0.577. The lowest BCUT2D eigenvalue weighted by Crippen LogP contribution is -2.46. The molecule has 1 fully saturated rings. The molecule has 29 heavy (non-hydrogen) atoms. The topological polar surface area (TPSA) is 74.8 Å². The lowest BCUT2D eigenvalue weighted by molar-refractivity contribution is -0.142.